The molecule has 2 N–H and O–H groups in total. The zero-order chi connectivity index (χ0) is 16.2. The highest BCUT2D eigenvalue weighted by Gasteiger charge is 2.15. The van der Waals surface area contributed by atoms with Crippen molar-refractivity contribution in [3.63, 3.8) is 0 Å². The quantitative estimate of drug-likeness (QED) is 0.909. The van der Waals surface area contributed by atoms with Crippen LogP contribution < -0.4 is 20.1 Å². The van der Waals surface area contributed by atoms with Gasteiger partial charge in [-0.05, 0) is 36.4 Å². The van der Waals surface area contributed by atoms with E-state index in [9.17, 15) is 9.59 Å². The zero-order valence-corrected chi connectivity index (χ0v) is 12.6. The number of ether oxygens (including phenoxy) is 2. The van der Waals surface area contributed by atoms with Crippen molar-refractivity contribution >= 4 is 17.5 Å². The molecule has 23 heavy (non-hydrogen) atoms. The first-order chi connectivity index (χ1) is 11.2. The van der Waals surface area contributed by atoms with Gasteiger partial charge >= 0.3 is 0 Å². The number of carbonyl (C=O) groups excluding carboxylic acids is 2. The second-order valence-electron chi connectivity index (χ2n) is 4.97. The lowest BCUT2D eigenvalue weighted by atomic mass is 10.1. The van der Waals surface area contributed by atoms with Crippen LogP contribution in [0.2, 0.25) is 0 Å². The maximum absolute atomic E-state index is 12.3. The largest absolute Gasteiger partial charge is 0.486 e. The monoisotopic (exact) mass is 312 g/mol. The molecule has 0 radical (unpaired) electrons. The number of benzene rings is 2. The van der Waals surface area contributed by atoms with Gasteiger partial charge in [0.25, 0.3) is 11.8 Å². The fourth-order valence-corrected chi connectivity index (χ4v) is 2.27. The van der Waals surface area contributed by atoms with Crippen molar-refractivity contribution < 1.29 is 19.1 Å². The summed E-state index contributed by atoms with van der Waals surface area (Å²) in [6, 6.07) is 11.8. The van der Waals surface area contributed by atoms with Gasteiger partial charge in [-0.25, -0.2) is 0 Å². The van der Waals surface area contributed by atoms with Gasteiger partial charge in [-0.2, -0.15) is 0 Å². The van der Waals surface area contributed by atoms with E-state index in [4.69, 9.17) is 9.47 Å². The molecule has 1 aliphatic heterocycles. The summed E-state index contributed by atoms with van der Waals surface area (Å²) >= 11 is 0. The van der Waals surface area contributed by atoms with E-state index in [1.165, 1.54) is 0 Å². The number of hydrogen-bond donors (Lipinski definition) is 2. The molecule has 2 amide bonds. The van der Waals surface area contributed by atoms with Gasteiger partial charge in [0.15, 0.2) is 11.5 Å². The van der Waals surface area contributed by atoms with E-state index in [2.05, 4.69) is 10.6 Å². The second-order valence-corrected chi connectivity index (χ2v) is 4.97. The van der Waals surface area contributed by atoms with Gasteiger partial charge in [0.1, 0.15) is 13.2 Å². The number of nitrogens with one attached hydrogen (secondary N) is 2. The Balaban J connectivity index is 1.78. The first-order valence-electron chi connectivity index (χ1n) is 7.20. The summed E-state index contributed by atoms with van der Waals surface area (Å²) < 4.78 is 10.9. The minimum absolute atomic E-state index is 0.208. The third kappa shape index (κ3) is 3.26. The van der Waals surface area contributed by atoms with Crippen LogP contribution in [0.3, 0.4) is 0 Å². The molecule has 0 saturated heterocycles. The van der Waals surface area contributed by atoms with Crippen LogP contribution in [0.15, 0.2) is 42.5 Å². The van der Waals surface area contributed by atoms with E-state index < -0.39 is 0 Å². The lowest BCUT2D eigenvalue weighted by Crippen LogP contribution is -2.19. The average Bonchev–Trinajstić information content (AvgIpc) is 2.60. The van der Waals surface area contributed by atoms with E-state index in [-0.39, 0.29) is 11.8 Å². The highest BCUT2D eigenvalue weighted by atomic mass is 16.6. The summed E-state index contributed by atoms with van der Waals surface area (Å²) in [5, 5.41) is 5.31. The van der Waals surface area contributed by atoms with Crippen LogP contribution in [0, 0.1) is 0 Å². The molecule has 0 spiro atoms. The van der Waals surface area contributed by atoms with Crippen LogP contribution in [0.1, 0.15) is 20.7 Å². The van der Waals surface area contributed by atoms with E-state index in [1.807, 2.05) is 0 Å². The first kappa shape index (κ1) is 14.9. The van der Waals surface area contributed by atoms with Crippen molar-refractivity contribution in [3.8, 4) is 11.5 Å². The Labute approximate surface area is 133 Å². The van der Waals surface area contributed by atoms with Gasteiger partial charge in [-0.15, -0.1) is 0 Å². The molecule has 0 saturated carbocycles. The third-order valence-electron chi connectivity index (χ3n) is 3.41. The minimum Gasteiger partial charge on any atom is -0.486 e. The molecular formula is C17H16N2O4. The Kier molecular flexibility index (Phi) is 4.14. The molecule has 0 fully saturated rings. The van der Waals surface area contributed by atoms with Crippen molar-refractivity contribution in [2.24, 2.45) is 0 Å². The molecule has 6 nitrogen and oxygen atoms in total. The normalized spacial score (nSPS) is 12.4. The Morgan fingerprint density at radius 2 is 1.65 bits per heavy atom. The van der Waals surface area contributed by atoms with Crippen LogP contribution in [0.25, 0.3) is 0 Å². The molecule has 0 aliphatic carbocycles. The van der Waals surface area contributed by atoms with Crippen molar-refractivity contribution in [3.05, 3.63) is 53.6 Å². The second kappa shape index (κ2) is 6.39. The Bertz CT molecular complexity index is 758. The number of amides is 2. The third-order valence-corrected chi connectivity index (χ3v) is 3.41. The Morgan fingerprint density at radius 3 is 2.43 bits per heavy atom. The Morgan fingerprint density at radius 1 is 0.913 bits per heavy atom. The standard InChI is InChI=1S/C17H16N2O4/c1-18-16(20)11-3-2-4-13(9-11)19-17(21)12-5-6-14-15(10-12)23-8-7-22-14/h2-6,9-10H,7-8H2,1H3,(H,18,20)(H,19,21). The molecule has 0 atom stereocenters. The van der Waals surface area contributed by atoms with Crippen LogP contribution in [0.5, 0.6) is 11.5 Å². The first-order valence-corrected chi connectivity index (χ1v) is 7.20. The average molecular weight is 312 g/mol. The highest BCUT2D eigenvalue weighted by Crippen LogP contribution is 2.31. The SMILES string of the molecule is CNC(=O)c1cccc(NC(=O)c2ccc3c(c2)OCCO3)c1. The molecule has 6 heteroatoms. The molecule has 3 rings (SSSR count). The van der Waals surface area contributed by atoms with Crippen molar-refractivity contribution in [2.45, 2.75) is 0 Å². The van der Waals surface area contributed by atoms with E-state index in [1.54, 1.807) is 49.5 Å². The molecule has 1 heterocycles. The predicted octanol–water partition coefficient (Wildman–Crippen LogP) is 2.07. The van der Waals surface area contributed by atoms with Gasteiger partial charge in [0.05, 0.1) is 0 Å². The van der Waals surface area contributed by atoms with Gasteiger partial charge < -0.3 is 20.1 Å². The van der Waals surface area contributed by atoms with Crippen LogP contribution in [-0.4, -0.2) is 32.1 Å². The summed E-state index contributed by atoms with van der Waals surface area (Å²) in [7, 11) is 1.56. The van der Waals surface area contributed by atoms with Crippen LogP contribution in [0.4, 0.5) is 5.69 Å². The predicted molar refractivity (Wildman–Crippen MR) is 85.2 cm³/mol. The lowest BCUT2D eigenvalue weighted by molar-refractivity contribution is 0.0961. The number of anilines is 1. The topological polar surface area (TPSA) is 76.7 Å². The fourth-order valence-electron chi connectivity index (χ4n) is 2.27. The maximum Gasteiger partial charge on any atom is 0.255 e. The van der Waals surface area contributed by atoms with Gasteiger partial charge in [-0.1, -0.05) is 6.07 Å². The molecule has 1 aliphatic rings. The Hall–Kier alpha value is -3.02. The molecule has 2 aromatic carbocycles. The fraction of sp³-hybridized carbons (Fsp3) is 0.176. The highest BCUT2D eigenvalue weighted by molar-refractivity contribution is 6.05. The number of rotatable bonds is 3. The lowest BCUT2D eigenvalue weighted by Gasteiger charge is -2.18. The molecule has 2 aromatic rings. The van der Waals surface area contributed by atoms with E-state index in [0.29, 0.717) is 41.5 Å². The zero-order valence-electron chi connectivity index (χ0n) is 12.6. The number of fused-ring (bicyclic) bond motifs is 1. The summed E-state index contributed by atoms with van der Waals surface area (Å²) in [5.41, 5.74) is 1.48. The smallest absolute Gasteiger partial charge is 0.255 e. The van der Waals surface area contributed by atoms with Crippen LogP contribution in [-0.2, 0) is 0 Å². The summed E-state index contributed by atoms with van der Waals surface area (Å²) in [4.78, 5) is 24.0. The number of hydrogen-bond acceptors (Lipinski definition) is 4. The summed E-state index contributed by atoms with van der Waals surface area (Å²) in [6.45, 7) is 0.969. The summed E-state index contributed by atoms with van der Waals surface area (Å²) in [6.07, 6.45) is 0. The maximum atomic E-state index is 12.3. The summed E-state index contributed by atoms with van der Waals surface area (Å²) in [5.74, 6) is 0.703. The van der Waals surface area contributed by atoms with Gasteiger partial charge in [-0.3, -0.25) is 9.59 Å². The van der Waals surface area contributed by atoms with Crippen molar-refractivity contribution in [2.75, 3.05) is 25.6 Å². The van der Waals surface area contributed by atoms with Gasteiger partial charge in [0, 0.05) is 23.9 Å². The van der Waals surface area contributed by atoms with Crippen LogP contribution >= 0.6 is 0 Å². The molecule has 0 bridgehead atoms. The molecule has 0 aromatic heterocycles. The molecular weight excluding hydrogens is 296 g/mol. The minimum atomic E-state index is -0.281. The van der Waals surface area contributed by atoms with Gasteiger partial charge in [0.2, 0.25) is 0 Å². The van der Waals surface area contributed by atoms with Crippen molar-refractivity contribution in [1.82, 2.24) is 5.32 Å². The van der Waals surface area contributed by atoms with E-state index in [0.717, 1.165) is 0 Å². The van der Waals surface area contributed by atoms with Crippen molar-refractivity contribution in [1.29, 1.82) is 0 Å². The molecule has 0 unspecified atom stereocenters. The number of carbonyl (C=O) groups is 2. The van der Waals surface area contributed by atoms with E-state index >= 15 is 0 Å². The molecule has 118 valence electrons.